The normalized spacial score (nSPS) is 16.4. The number of phenolic OH excluding ortho intramolecular Hbond substituents is 1. The Bertz CT molecular complexity index is 972. The van der Waals surface area contributed by atoms with E-state index < -0.39 is 11.7 Å². The van der Waals surface area contributed by atoms with E-state index in [1.165, 1.54) is 12.1 Å². The maximum Gasteiger partial charge on any atom is 0.416 e. The minimum absolute atomic E-state index is 0.124. The molecule has 0 spiro atoms. The van der Waals surface area contributed by atoms with E-state index in [4.69, 9.17) is 0 Å². The van der Waals surface area contributed by atoms with E-state index in [1.54, 1.807) is 30.7 Å². The van der Waals surface area contributed by atoms with E-state index in [0.717, 1.165) is 18.0 Å². The van der Waals surface area contributed by atoms with E-state index in [0.29, 0.717) is 37.3 Å². The van der Waals surface area contributed by atoms with Crippen molar-refractivity contribution >= 4 is 5.82 Å². The first kappa shape index (κ1) is 20.2. The van der Waals surface area contributed by atoms with Gasteiger partial charge in [0.15, 0.2) is 0 Å². The summed E-state index contributed by atoms with van der Waals surface area (Å²) < 4.78 is 39.0. The van der Waals surface area contributed by atoms with Crippen LogP contribution in [0.5, 0.6) is 5.75 Å². The molecular formula is C22H21F3N4O. The molecule has 30 heavy (non-hydrogen) atoms. The predicted molar refractivity (Wildman–Crippen MR) is 107 cm³/mol. The maximum atomic E-state index is 13.0. The molecule has 0 aliphatic carbocycles. The summed E-state index contributed by atoms with van der Waals surface area (Å²) in [5.41, 5.74) is 0.692. The van der Waals surface area contributed by atoms with Gasteiger partial charge < -0.3 is 10.0 Å². The van der Waals surface area contributed by atoms with Gasteiger partial charge in [0.2, 0.25) is 0 Å². The van der Waals surface area contributed by atoms with E-state index in [1.807, 2.05) is 12.1 Å². The summed E-state index contributed by atoms with van der Waals surface area (Å²) >= 11 is 0. The molecule has 2 aromatic carbocycles. The highest BCUT2D eigenvalue weighted by Gasteiger charge is 2.32. The zero-order valence-electron chi connectivity index (χ0n) is 16.1. The van der Waals surface area contributed by atoms with Crippen molar-refractivity contribution in [3.05, 3.63) is 83.8 Å². The van der Waals surface area contributed by atoms with Crippen LogP contribution in [0.1, 0.15) is 22.7 Å². The van der Waals surface area contributed by atoms with Crippen molar-refractivity contribution < 1.29 is 18.3 Å². The number of aromatic hydroxyl groups is 1. The number of hydrogen-bond donors (Lipinski definition) is 1. The standard InChI is InChI=1S/C22H21F3N4O/c23-22(24,25)17-7-5-16(6-8-17)21(18-3-1-2-4-19(18)30)29-13-11-28(12-14-29)20-15-26-9-10-27-20/h1-10,15,21,30H,11-14H2. The number of nitrogens with zero attached hydrogens (tertiary/aromatic N) is 4. The molecule has 1 N–H and O–H groups in total. The quantitative estimate of drug-likeness (QED) is 0.696. The number of rotatable bonds is 4. The smallest absolute Gasteiger partial charge is 0.416 e. The Morgan fingerprint density at radius 3 is 2.20 bits per heavy atom. The molecule has 1 aromatic heterocycles. The van der Waals surface area contributed by atoms with E-state index in [2.05, 4.69) is 19.8 Å². The highest BCUT2D eigenvalue weighted by molar-refractivity contribution is 5.42. The zero-order chi connectivity index (χ0) is 21.1. The van der Waals surface area contributed by atoms with Gasteiger partial charge in [0.1, 0.15) is 11.6 Å². The first-order valence-electron chi connectivity index (χ1n) is 9.63. The predicted octanol–water partition coefficient (Wildman–Crippen LogP) is 4.11. The molecule has 1 saturated heterocycles. The van der Waals surface area contributed by atoms with Crippen molar-refractivity contribution in [3.63, 3.8) is 0 Å². The number of hydrogen-bond acceptors (Lipinski definition) is 5. The second-order valence-corrected chi connectivity index (χ2v) is 7.17. The molecule has 0 amide bonds. The number of aromatic nitrogens is 2. The number of piperazine rings is 1. The molecule has 1 aliphatic rings. The first-order valence-corrected chi connectivity index (χ1v) is 9.63. The fraction of sp³-hybridized carbons (Fsp3) is 0.273. The van der Waals surface area contributed by atoms with Crippen LogP contribution in [-0.4, -0.2) is 46.2 Å². The third-order valence-corrected chi connectivity index (χ3v) is 5.34. The molecule has 1 aliphatic heterocycles. The summed E-state index contributed by atoms with van der Waals surface area (Å²) in [6.07, 6.45) is 0.602. The Morgan fingerprint density at radius 2 is 1.60 bits per heavy atom. The Labute approximate surface area is 172 Å². The lowest BCUT2D eigenvalue weighted by molar-refractivity contribution is -0.137. The van der Waals surface area contributed by atoms with Gasteiger partial charge in [-0.15, -0.1) is 0 Å². The molecule has 5 nitrogen and oxygen atoms in total. The van der Waals surface area contributed by atoms with Gasteiger partial charge in [-0.25, -0.2) is 4.98 Å². The molecule has 0 saturated carbocycles. The number of halogens is 3. The van der Waals surface area contributed by atoms with Gasteiger partial charge in [0.05, 0.1) is 17.8 Å². The Morgan fingerprint density at radius 1 is 0.900 bits per heavy atom. The maximum absolute atomic E-state index is 13.0. The second kappa shape index (κ2) is 8.31. The zero-order valence-corrected chi connectivity index (χ0v) is 16.1. The monoisotopic (exact) mass is 414 g/mol. The van der Waals surface area contributed by atoms with Gasteiger partial charge in [-0.2, -0.15) is 13.2 Å². The molecule has 4 rings (SSSR count). The van der Waals surface area contributed by atoms with Crippen molar-refractivity contribution in [2.24, 2.45) is 0 Å². The van der Waals surface area contributed by atoms with Crippen molar-refractivity contribution in [1.29, 1.82) is 0 Å². The van der Waals surface area contributed by atoms with Crippen LogP contribution in [-0.2, 0) is 6.18 Å². The Balaban J connectivity index is 1.61. The van der Waals surface area contributed by atoms with Crippen molar-refractivity contribution in [3.8, 4) is 5.75 Å². The summed E-state index contributed by atoms with van der Waals surface area (Å²) in [7, 11) is 0. The van der Waals surface area contributed by atoms with E-state index in [-0.39, 0.29) is 11.8 Å². The van der Waals surface area contributed by atoms with E-state index in [9.17, 15) is 18.3 Å². The summed E-state index contributed by atoms with van der Waals surface area (Å²) in [5, 5.41) is 10.5. The highest BCUT2D eigenvalue weighted by Crippen LogP contribution is 2.36. The lowest BCUT2D eigenvalue weighted by Crippen LogP contribution is -2.48. The Kier molecular flexibility index (Phi) is 5.59. The topological polar surface area (TPSA) is 52.5 Å². The third-order valence-electron chi connectivity index (χ3n) is 5.34. The summed E-state index contributed by atoms with van der Waals surface area (Å²) in [5.74, 6) is 0.921. The van der Waals surface area contributed by atoms with Crippen LogP contribution >= 0.6 is 0 Å². The lowest BCUT2D eigenvalue weighted by atomic mass is 9.94. The highest BCUT2D eigenvalue weighted by atomic mass is 19.4. The SMILES string of the molecule is Oc1ccccc1C(c1ccc(C(F)(F)F)cc1)N1CCN(c2cnccn2)CC1. The van der Waals surface area contributed by atoms with Crippen molar-refractivity contribution in [1.82, 2.24) is 14.9 Å². The van der Waals surface area contributed by atoms with Crippen molar-refractivity contribution in [2.45, 2.75) is 12.2 Å². The molecule has 3 aromatic rings. The molecule has 156 valence electrons. The van der Waals surface area contributed by atoms with Gasteiger partial charge in [0.25, 0.3) is 0 Å². The molecule has 0 bridgehead atoms. The van der Waals surface area contributed by atoms with Crippen LogP contribution in [0, 0.1) is 0 Å². The average molecular weight is 414 g/mol. The third kappa shape index (κ3) is 4.23. The number of alkyl halides is 3. The fourth-order valence-corrected chi connectivity index (χ4v) is 3.82. The van der Waals surface area contributed by atoms with Gasteiger partial charge >= 0.3 is 6.18 Å². The molecule has 1 unspecified atom stereocenters. The number of phenols is 1. The minimum atomic E-state index is -4.38. The first-order chi connectivity index (χ1) is 14.4. The number of para-hydroxylation sites is 1. The van der Waals surface area contributed by atoms with Crippen LogP contribution in [0.15, 0.2) is 67.1 Å². The molecule has 2 heterocycles. The lowest BCUT2D eigenvalue weighted by Gasteiger charge is -2.40. The summed E-state index contributed by atoms with van der Waals surface area (Å²) in [6.45, 7) is 2.72. The van der Waals surface area contributed by atoms with Gasteiger partial charge in [-0.05, 0) is 23.8 Å². The molecule has 0 radical (unpaired) electrons. The van der Waals surface area contributed by atoms with Gasteiger partial charge in [0, 0.05) is 44.1 Å². The van der Waals surface area contributed by atoms with Gasteiger partial charge in [-0.1, -0.05) is 30.3 Å². The number of benzene rings is 2. The molecule has 8 heteroatoms. The second-order valence-electron chi connectivity index (χ2n) is 7.17. The molecule has 1 atom stereocenters. The molecular weight excluding hydrogens is 393 g/mol. The van der Waals surface area contributed by atoms with Crippen LogP contribution in [0.4, 0.5) is 19.0 Å². The van der Waals surface area contributed by atoms with Crippen molar-refractivity contribution in [2.75, 3.05) is 31.1 Å². The summed E-state index contributed by atoms with van der Waals surface area (Å²) in [4.78, 5) is 12.7. The fourth-order valence-electron chi connectivity index (χ4n) is 3.82. The minimum Gasteiger partial charge on any atom is -0.508 e. The van der Waals surface area contributed by atoms with Crippen LogP contribution in [0.2, 0.25) is 0 Å². The number of anilines is 1. The Hall–Kier alpha value is -3.13. The van der Waals surface area contributed by atoms with Gasteiger partial charge in [-0.3, -0.25) is 9.88 Å². The van der Waals surface area contributed by atoms with Crippen LogP contribution in [0.3, 0.4) is 0 Å². The van der Waals surface area contributed by atoms with E-state index >= 15 is 0 Å². The molecule has 1 fully saturated rings. The largest absolute Gasteiger partial charge is 0.508 e. The summed E-state index contributed by atoms with van der Waals surface area (Å²) in [6, 6.07) is 11.8. The van der Waals surface area contributed by atoms with Crippen LogP contribution in [0.25, 0.3) is 0 Å². The van der Waals surface area contributed by atoms with Crippen LogP contribution < -0.4 is 4.90 Å². The average Bonchev–Trinajstić information content (AvgIpc) is 2.76.